The van der Waals surface area contributed by atoms with Crippen LogP contribution in [0.2, 0.25) is 0 Å². The van der Waals surface area contributed by atoms with E-state index in [-0.39, 0.29) is 9.79 Å². The molecule has 0 amide bonds. The molecule has 0 aliphatic heterocycles. The summed E-state index contributed by atoms with van der Waals surface area (Å²) in [6, 6.07) is 76.1. The molecule has 0 fully saturated rings. The number of para-hydroxylation sites is 4. The average molecular weight is 1200 g/mol. The fourth-order valence-electron chi connectivity index (χ4n) is 8.94. The van der Waals surface area contributed by atoms with Crippen molar-refractivity contribution in [2.45, 2.75) is 19.6 Å². The molecule has 12 rings (SSSR count). The fourth-order valence-corrected chi connectivity index (χ4v) is 12.3. The van der Waals surface area contributed by atoms with E-state index in [1.807, 2.05) is 48.5 Å². The highest BCUT2D eigenvalue weighted by molar-refractivity contribution is 9.11. The molecule has 0 atom stereocenters. The summed E-state index contributed by atoms with van der Waals surface area (Å²) >= 11 is 9.90. The fraction of sp³-hybridized carbons (Fsp3) is 0. The average Bonchev–Trinajstić information content (AvgIpc) is 3.95. The van der Waals surface area contributed by atoms with Crippen LogP contribution in [0.25, 0.3) is 66.1 Å². The van der Waals surface area contributed by atoms with Crippen LogP contribution in [0.3, 0.4) is 0 Å². The molecule has 2 heterocycles. The van der Waals surface area contributed by atoms with Crippen LogP contribution in [0.1, 0.15) is 0 Å². The van der Waals surface area contributed by atoms with Gasteiger partial charge in [-0.15, -0.1) is 0 Å². The molecule has 10 aromatic carbocycles. The minimum absolute atomic E-state index is 0.281. The molecule has 12 aromatic rings. The van der Waals surface area contributed by atoms with Gasteiger partial charge < -0.3 is 19.2 Å². The molecule has 2 N–H and O–H groups in total. The normalized spacial score (nSPS) is 11.5. The third-order valence-corrected chi connectivity index (χ3v) is 17.8. The first kappa shape index (κ1) is 50.6. The Labute approximate surface area is 454 Å². The first-order valence-electron chi connectivity index (χ1n) is 23.2. The first-order chi connectivity index (χ1) is 35.8. The lowest BCUT2D eigenvalue weighted by Gasteiger charge is -2.10. The van der Waals surface area contributed by atoms with Crippen molar-refractivity contribution in [1.82, 2.24) is 9.13 Å². The standard InChI is InChI=1S/C30H20BrNO2S.C18H14BNO2.C12H8Br2O2S/c31-23-13-19-26(20-14-23)35(33,34)25-17-11-22(12-18-25)21-9-15-24(16-10-21)32-29-7-3-1-5-27(29)28-6-2-4-8-30(28)32;21-19(22)13-9-11-14(12-10-13)20-17-7-3-1-5-15(17)16-6-2-4-8-18(16)20;13-9-1-5-11(6-2-9)17(15,16)12-7-3-10(14)4-8-12/h1-20H;1-12,21-22H;1-8H. The Morgan fingerprint density at radius 3 is 0.838 bits per heavy atom. The van der Waals surface area contributed by atoms with E-state index in [4.69, 9.17) is 0 Å². The van der Waals surface area contributed by atoms with Crippen LogP contribution in [0.4, 0.5) is 0 Å². The molecule has 2 aromatic heterocycles. The Balaban J connectivity index is 0.000000137. The third kappa shape index (κ3) is 10.3. The molecule has 14 heteroatoms. The zero-order valence-corrected chi connectivity index (χ0v) is 45.4. The number of benzene rings is 10. The van der Waals surface area contributed by atoms with Gasteiger partial charge in [-0.3, -0.25) is 0 Å². The van der Waals surface area contributed by atoms with Crippen LogP contribution in [-0.2, 0) is 19.7 Å². The zero-order chi connectivity index (χ0) is 51.6. The number of nitrogens with zero attached hydrogens (tertiary/aromatic N) is 2. The van der Waals surface area contributed by atoms with Crippen LogP contribution in [0, 0.1) is 0 Å². The molecule has 0 aliphatic carbocycles. The van der Waals surface area contributed by atoms with Crippen molar-refractivity contribution in [1.29, 1.82) is 0 Å². The zero-order valence-electron chi connectivity index (χ0n) is 39.0. The Hall–Kier alpha value is -6.88. The van der Waals surface area contributed by atoms with Crippen molar-refractivity contribution in [2.24, 2.45) is 0 Å². The first-order valence-corrected chi connectivity index (χ1v) is 28.5. The summed E-state index contributed by atoms with van der Waals surface area (Å²) in [5.41, 5.74) is 9.19. The van der Waals surface area contributed by atoms with E-state index in [0.717, 1.165) is 47.0 Å². The quantitative estimate of drug-likeness (QED) is 0.146. The van der Waals surface area contributed by atoms with Gasteiger partial charge in [0.05, 0.1) is 41.6 Å². The van der Waals surface area contributed by atoms with Crippen LogP contribution in [0.15, 0.2) is 276 Å². The van der Waals surface area contributed by atoms with Gasteiger partial charge in [-0.05, 0) is 150 Å². The van der Waals surface area contributed by atoms with E-state index in [1.165, 1.54) is 32.6 Å². The van der Waals surface area contributed by atoms with Gasteiger partial charge in [0.1, 0.15) is 0 Å². The van der Waals surface area contributed by atoms with Crippen molar-refractivity contribution < 1.29 is 26.9 Å². The smallest absolute Gasteiger partial charge is 0.423 e. The van der Waals surface area contributed by atoms with Gasteiger partial charge in [0.15, 0.2) is 0 Å². The molecule has 0 saturated carbocycles. The second kappa shape index (κ2) is 21.5. The molecule has 0 aliphatic rings. The molecule has 364 valence electrons. The predicted molar refractivity (Wildman–Crippen MR) is 310 cm³/mol. The molecule has 0 bridgehead atoms. The number of fused-ring (bicyclic) bond motifs is 6. The lowest BCUT2D eigenvalue weighted by Crippen LogP contribution is -2.29. The van der Waals surface area contributed by atoms with Crippen molar-refractivity contribution in [2.75, 3.05) is 0 Å². The van der Waals surface area contributed by atoms with Gasteiger partial charge in [-0.1, -0.05) is 157 Å². The van der Waals surface area contributed by atoms with Gasteiger partial charge in [-0.25, -0.2) is 16.8 Å². The molecule has 0 spiro atoms. The molecular weight excluding hydrogens is 1160 g/mol. The van der Waals surface area contributed by atoms with Gasteiger partial charge in [0.2, 0.25) is 19.7 Å². The van der Waals surface area contributed by atoms with E-state index in [2.05, 4.69) is 154 Å². The number of rotatable bonds is 8. The number of hydrogen-bond acceptors (Lipinski definition) is 6. The Morgan fingerprint density at radius 1 is 0.311 bits per heavy atom. The Kier molecular flexibility index (Phi) is 14.7. The van der Waals surface area contributed by atoms with E-state index in [9.17, 15) is 26.9 Å². The maximum atomic E-state index is 13.0. The van der Waals surface area contributed by atoms with E-state index in [0.29, 0.717) is 15.3 Å². The second-order valence-corrected chi connectivity index (χ2v) is 23.8. The summed E-state index contributed by atoms with van der Waals surface area (Å²) in [6.07, 6.45) is 0. The van der Waals surface area contributed by atoms with E-state index < -0.39 is 26.8 Å². The van der Waals surface area contributed by atoms with Gasteiger partial charge in [0.25, 0.3) is 0 Å². The Morgan fingerprint density at radius 2 is 0.554 bits per heavy atom. The lowest BCUT2D eigenvalue weighted by molar-refractivity contribution is 0.426. The maximum absolute atomic E-state index is 13.0. The van der Waals surface area contributed by atoms with Crippen molar-refractivity contribution >= 4 is 124 Å². The van der Waals surface area contributed by atoms with Gasteiger partial charge in [-0.2, -0.15) is 0 Å². The summed E-state index contributed by atoms with van der Waals surface area (Å²) in [4.78, 5) is 1.15. The van der Waals surface area contributed by atoms with Crippen LogP contribution < -0.4 is 5.46 Å². The van der Waals surface area contributed by atoms with Crippen molar-refractivity contribution in [3.63, 3.8) is 0 Å². The topological polar surface area (TPSA) is 119 Å². The lowest BCUT2D eigenvalue weighted by atomic mass is 9.80. The van der Waals surface area contributed by atoms with Crippen LogP contribution in [-0.4, -0.2) is 43.1 Å². The van der Waals surface area contributed by atoms with Crippen molar-refractivity contribution in [3.8, 4) is 22.5 Å². The second-order valence-electron chi connectivity index (χ2n) is 17.1. The largest absolute Gasteiger partial charge is 0.488 e. The molecule has 0 unspecified atom stereocenters. The minimum Gasteiger partial charge on any atom is -0.423 e. The van der Waals surface area contributed by atoms with Crippen LogP contribution >= 0.6 is 47.8 Å². The van der Waals surface area contributed by atoms with Gasteiger partial charge in [0, 0.05) is 46.3 Å². The monoisotopic (exact) mass is 1200 g/mol. The van der Waals surface area contributed by atoms with E-state index in [1.54, 1.807) is 97.1 Å². The number of hydrogen-bond donors (Lipinski definition) is 2. The molecule has 8 nitrogen and oxygen atoms in total. The summed E-state index contributed by atoms with van der Waals surface area (Å²) in [7, 11) is -8.41. The molecular formula is C60H42BBr3N2O6S2. The number of aromatic nitrogens is 2. The summed E-state index contributed by atoms with van der Waals surface area (Å²) in [6.45, 7) is 0. The SMILES string of the molecule is O=S(=O)(c1ccc(Br)cc1)c1ccc(-c2ccc(-n3c4ccccc4c4ccccc43)cc2)cc1.O=S(=O)(c1ccc(Br)cc1)c1ccc(Br)cc1.OB(O)c1ccc(-n2c3ccccc3c3ccccc32)cc1. The number of halogens is 3. The molecule has 74 heavy (non-hydrogen) atoms. The number of sulfone groups is 2. The summed E-state index contributed by atoms with van der Waals surface area (Å²) < 4.78 is 57.4. The highest BCUT2D eigenvalue weighted by atomic mass is 79.9. The predicted octanol–water partition coefficient (Wildman–Crippen LogP) is 14.6. The van der Waals surface area contributed by atoms with Crippen molar-refractivity contribution in [3.05, 3.63) is 256 Å². The van der Waals surface area contributed by atoms with Gasteiger partial charge >= 0.3 is 7.12 Å². The van der Waals surface area contributed by atoms with E-state index >= 15 is 0 Å². The van der Waals surface area contributed by atoms with Crippen LogP contribution in [0.5, 0.6) is 0 Å². The molecule has 0 saturated heterocycles. The summed E-state index contributed by atoms with van der Waals surface area (Å²) in [5, 5.41) is 23.4. The summed E-state index contributed by atoms with van der Waals surface area (Å²) in [5.74, 6) is 0. The molecule has 0 radical (unpaired) electrons. The minimum atomic E-state index is -3.56. The highest BCUT2D eigenvalue weighted by Gasteiger charge is 2.20. The maximum Gasteiger partial charge on any atom is 0.488 e. The Bertz CT molecular complexity index is 4030. The third-order valence-electron chi connectivity index (χ3n) is 12.6. The highest BCUT2D eigenvalue weighted by Crippen LogP contribution is 2.34.